The first kappa shape index (κ1) is 13.1. The molecule has 4 heteroatoms. The highest BCUT2D eigenvalue weighted by Crippen LogP contribution is 2.22. The van der Waals surface area contributed by atoms with Crippen molar-refractivity contribution >= 4 is 5.82 Å². The number of hydrogen-bond donors (Lipinski definition) is 1. The Morgan fingerprint density at radius 2 is 2.39 bits per heavy atom. The molecule has 2 rings (SSSR count). The third kappa shape index (κ3) is 3.35. The van der Waals surface area contributed by atoms with Crippen LogP contribution in [-0.2, 0) is 0 Å². The molecule has 100 valence electrons. The summed E-state index contributed by atoms with van der Waals surface area (Å²) in [5.41, 5.74) is 0. The van der Waals surface area contributed by atoms with Gasteiger partial charge in [-0.1, -0.05) is 6.92 Å². The molecule has 18 heavy (non-hydrogen) atoms. The third-order valence-corrected chi connectivity index (χ3v) is 3.45. The summed E-state index contributed by atoms with van der Waals surface area (Å²) in [5.74, 6) is 2.45. The summed E-state index contributed by atoms with van der Waals surface area (Å²) in [7, 11) is 0. The Labute approximate surface area is 109 Å². The van der Waals surface area contributed by atoms with Crippen LogP contribution in [0.3, 0.4) is 0 Å². The number of hydrogen-bond acceptors (Lipinski definition) is 4. The Bertz CT molecular complexity index is 370. The average molecular weight is 249 g/mol. The Hall–Kier alpha value is -1.29. The van der Waals surface area contributed by atoms with Gasteiger partial charge in [0.2, 0.25) is 0 Å². The van der Waals surface area contributed by atoms with E-state index in [1.807, 2.05) is 19.1 Å². The zero-order valence-electron chi connectivity index (χ0n) is 11.4. The minimum atomic E-state index is 0.674. The minimum Gasteiger partial charge on any atom is -0.490 e. The standard InChI is InChI=1S/C14H23N3O/c1-3-17-9-7-12(11-17)10-16-14-13(18-4-2)6-5-8-15-14/h5-6,8,12H,3-4,7,9-11H2,1-2H3,(H,15,16). The highest BCUT2D eigenvalue weighted by molar-refractivity contribution is 5.49. The molecule has 0 aliphatic carbocycles. The summed E-state index contributed by atoms with van der Waals surface area (Å²) >= 11 is 0. The smallest absolute Gasteiger partial charge is 0.168 e. The molecule has 1 aromatic heterocycles. The number of ether oxygens (including phenoxy) is 1. The van der Waals surface area contributed by atoms with Gasteiger partial charge in [0.25, 0.3) is 0 Å². The van der Waals surface area contributed by atoms with E-state index in [0.717, 1.165) is 30.6 Å². The molecule has 1 unspecified atom stereocenters. The van der Waals surface area contributed by atoms with E-state index in [-0.39, 0.29) is 0 Å². The van der Waals surface area contributed by atoms with Gasteiger partial charge in [-0.15, -0.1) is 0 Å². The van der Waals surface area contributed by atoms with Crippen molar-refractivity contribution < 1.29 is 4.74 Å². The number of nitrogens with zero attached hydrogens (tertiary/aromatic N) is 2. The highest BCUT2D eigenvalue weighted by atomic mass is 16.5. The molecule has 1 saturated heterocycles. The molecule has 1 aromatic rings. The van der Waals surface area contributed by atoms with E-state index < -0.39 is 0 Å². The molecule has 1 N–H and O–H groups in total. The lowest BCUT2D eigenvalue weighted by atomic mass is 10.1. The first-order valence-corrected chi connectivity index (χ1v) is 6.87. The van der Waals surface area contributed by atoms with Gasteiger partial charge in [-0.2, -0.15) is 0 Å². The number of likely N-dealkylation sites (tertiary alicyclic amines) is 1. The quantitative estimate of drug-likeness (QED) is 0.839. The predicted molar refractivity (Wildman–Crippen MR) is 74.1 cm³/mol. The van der Waals surface area contributed by atoms with E-state index in [4.69, 9.17) is 4.74 Å². The fraction of sp³-hybridized carbons (Fsp3) is 0.643. The Balaban J connectivity index is 1.86. The van der Waals surface area contributed by atoms with Crippen molar-refractivity contribution in [1.82, 2.24) is 9.88 Å². The van der Waals surface area contributed by atoms with Crippen molar-refractivity contribution in [1.29, 1.82) is 0 Å². The Kier molecular flexibility index (Phi) is 4.81. The van der Waals surface area contributed by atoms with Gasteiger partial charge in [-0.05, 0) is 44.5 Å². The lowest BCUT2D eigenvalue weighted by Gasteiger charge is -2.15. The zero-order valence-corrected chi connectivity index (χ0v) is 11.4. The van der Waals surface area contributed by atoms with Crippen LogP contribution in [0.5, 0.6) is 5.75 Å². The maximum absolute atomic E-state index is 5.56. The molecule has 0 aromatic carbocycles. The Morgan fingerprint density at radius 1 is 1.50 bits per heavy atom. The van der Waals surface area contributed by atoms with Crippen LogP contribution in [0.25, 0.3) is 0 Å². The zero-order chi connectivity index (χ0) is 12.8. The van der Waals surface area contributed by atoms with Gasteiger partial charge in [0.05, 0.1) is 6.61 Å². The first-order valence-electron chi connectivity index (χ1n) is 6.87. The maximum atomic E-state index is 5.56. The summed E-state index contributed by atoms with van der Waals surface area (Å²) in [6, 6.07) is 3.87. The summed E-state index contributed by atoms with van der Waals surface area (Å²) in [6.07, 6.45) is 3.08. The van der Waals surface area contributed by atoms with Gasteiger partial charge in [-0.25, -0.2) is 4.98 Å². The van der Waals surface area contributed by atoms with Crippen LogP contribution in [0.15, 0.2) is 18.3 Å². The summed E-state index contributed by atoms with van der Waals surface area (Å²) < 4.78 is 5.56. The number of aromatic nitrogens is 1. The number of anilines is 1. The van der Waals surface area contributed by atoms with E-state index in [1.165, 1.54) is 19.5 Å². The van der Waals surface area contributed by atoms with E-state index in [1.54, 1.807) is 6.20 Å². The molecule has 4 nitrogen and oxygen atoms in total. The molecule has 1 aliphatic rings. The van der Waals surface area contributed by atoms with Crippen LogP contribution < -0.4 is 10.1 Å². The highest BCUT2D eigenvalue weighted by Gasteiger charge is 2.21. The first-order chi connectivity index (χ1) is 8.83. The maximum Gasteiger partial charge on any atom is 0.168 e. The summed E-state index contributed by atoms with van der Waals surface area (Å²) in [5, 5.41) is 3.42. The molecule has 2 heterocycles. The van der Waals surface area contributed by atoms with Crippen LogP contribution in [-0.4, -0.2) is 42.7 Å². The molecule has 0 amide bonds. The molecular formula is C14H23N3O. The molecule has 0 bridgehead atoms. The SMILES string of the molecule is CCOc1cccnc1NCC1CCN(CC)C1. The molecule has 1 atom stereocenters. The van der Waals surface area contributed by atoms with Gasteiger partial charge in [0.15, 0.2) is 11.6 Å². The topological polar surface area (TPSA) is 37.4 Å². The van der Waals surface area contributed by atoms with Gasteiger partial charge >= 0.3 is 0 Å². The lowest BCUT2D eigenvalue weighted by Crippen LogP contribution is -2.22. The van der Waals surface area contributed by atoms with Crippen LogP contribution in [0.4, 0.5) is 5.82 Å². The van der Waals surface area contributed by atoms with Crippen LogP contribution in [0.1, 0.15) is 20.3 Å². The number of nitrogens with one attached hydrogen (secondary N) is 1. The lowest BCUT2D eigenvalue weighted by molar-refractivity contribution is 0.339. The van der Waals surface area contributed by atoms with Crippen molar-refractivity contribution in [3.8, 4) is 5.75 Å². The molecule has 1 aliphatic heterocycles. The van der Waals surface area contributed by atoms with Crippen molar-refractivity contribution in [3.63, 3.8) is 0 Å². The second-order valence-electron chi connectivity index (χ2n) is 4.71. The molecule has 0 spiro atoms. The van der Waals surface area contributed by atoms with E-state index in [9.17, 15) is 0 Å². The van der Waals surface area contributed by atoms with Crippen LogP contribution in [0, 0.1) is 5.92 Å². The second-order valence-corrected chi connectivity index (χ2v) is 4.71. The number of pyridine rings is 1. The summed E-state index contributed by atoms with van der Waals surface area (Å²) in [6.45, 7) is 9.45. The van der Waals surface area contributed by atoms with Crippen molar-refractivity contribution in [2.45, 2.75) is 20.3 Å². The fourth-order valence-electron chi connectivity index (χ4n) is 2.40. The van der Waals surface area contributed by atoms with E-state index >= 15 is 0 Å². The molecular weight excluding hydrogens is 226 g/mol. The van der Waals surface area contributed by atoms with E-state index in [0.29, 0.717) is 6.61 Å². The Morgan fingerprint density at radius 3 is 3.11 bits per heavy atom. The van der Waals surface area contributed by atoms with Crippen LogP contribution in [0.2, 0.25) is 0 Å². The van der Waals surface area contributed by atoms with Gasteiger partial charge in [-0.3, -0.25) is 0 Å². The average Bonchev–Trinajstić information content (AvgIpc) is 2.86. The predicted octanol–water partition coefficient (Wildman–Crippen LogP) is 2.23. The largest absolute Gasteiger partial charge is 0.490 e. The van der Waals surface area contributed by atoms with E-state index in [2.05, 4.69) is 22.1 Å². The normalized spacial score (nSPS) is 20.0. The van der Waals surface area contributed by atoms with Gasteiger partial charge in [0.1, 0.15) is 0 Å². The third-order valence-electron chi connectivity index (χ3n) is 3.45. The number of rotatable bonds is 6. The monoisotopic (exact) mass is 249 g/mol. The van der Waals surface area contributed by atoms with Crippen molar-refractivity contribution in [2.75, 3.05) is 38.1 Å². The fourth-order valence-corrected chi connectivity index (χ4v) is 2.40. The molecule has 0 radical (unpaired) electrons. The second kappa shape index (κ2) is 6.59. The van der Waals surface area contributed by atoms with Crippen molar-refractivity contribution in [3.05, 3.63) is 18.3 Å². The molecule has 0 saturated carbocycles. The van der Waals surface area contributed by atoms with Gasteiger partial charge < -0.3 is 15.0 Å². The van der Waals surface area contributed by atoms with Crippen molar-refractivity contribution in [2.24, 2.45) is 5.92 Å². The molecule has 1 fully saturated rings. The summed E-state index contributed by atoms with van der Waals surface area (Å²) in [4.78, 5) is 6.84. The van der Waals surface area contributed by atoms with Gasteiger partial charge in [0, 0.05) is 19.3 Å². The van der Waals surface area contributed by atoms with Crippen LogP contribution >= 0.6 is 0 Å². The minimum absolute atomic E-state index is 0.674.